The van der Waals surface area contributed by atoms with Gasteiger partial charge in [-0.25, -0.2) is 4.79 Å². The lowest BCUT2D eigenvalue weighted by Crippen LogP contribution is -2.53. The first-order valence-corrected chi connectivity index (χ1v) is 8.67. The molecule has 0 aliphatic heterocycles. The molecule has 1 saturated carbocycles. The van der Waals surface area contributed by atoms with Gasteiger partial charge in [-0.1, -0.05) is 44.2 Å². The van der Waals surface area contributed by atoms with Gasteiger partial charge in [0.1, 0.15) is 6.10 Å². The maximum absolute atomic E-state index is 13.9. The minimum absolute atomic E-state index is 0.0899. The SMILES string of the molecule is COC(C(=O)O[C@@H]1CCC[C@](O)(C(C)C)C1)(c1ccccc1)C(F)(F)F. The first-order valence-electron chi connectivity index (χ1n) is 8.67. The Balaban J connectivity index is 2.31. The van der Waals surface area contributed by atoms with Crippen LogP contribution < -0.4 is 0 Å². The summed E-state index contributed by atoms with van der Waals surface area (Å²) in [6.07, 6.45) is -4.15. The van der Waals surface area contributed by atoms with Crippen molar-refractivity contribution in [3.05, 3.63) is 35.9 Å². The van der Waals surface area contributed by atoms with Crippen LogP contribution in [0.3, 0.4) is 0 Å². The second kappa shape index (κ2) is 7.56. The molecule has 0 aromatic heterocycles. The highest BCUT2D eigenvalue weighted by molar-refractivity contribution is 5.82. The molecule has 0 radical (unpaired) electrons. The second-order valence-corrected chi connectivity index (χ2v) is 7.13. The Hall–Kier alpha value is -1.60. The van der Waals surface area contributed by atoms with Crippen molar-refractivity contribution in [3.63, 3.8) is 0 Å². The molecule has 3 atom stereocenters. The van der Waals surface area contributed by atoms with E-state index in [1.807, 2.05) is 13.8 Å². The Bertz CT molecular complexity index is 617. The van der Waals surface area contributed by atoms with Gasteiger partial charge in [-0.3, -0.25) is 0 Å². The van der Waals surface area contributed by atoms with E-state index in [9.17, 15) is 23.1 Å². The third-order valence-corrected chi connectivity index (χ3v) is 5.24. The van der Waals surface area contributed by atoms with Crippen molar-refractivity contribution in [1.82, 2.24) is 0 Å². The van der Waals surface area contributed by atoms with Gasteiger partial charge in [0.05, 0.1) is 5.60 Å². The van der Waals surface area contributed by atoms with Gasteiger partial charge < -0.3 is 14.6 Å². The molecule has 0 saturated heterocycles. The summed E-state index contributed by atoms with van der Waals surface area (Å²) in [6, 6.07) is 6.73. The van der Waals surface area contributed by atoms with Crippen LogP contribution in [0, 0.1) is 5.92 Å². The van der Waals surface area contributed by atoms with E-state index in [2.05, 4.69) is 0 Å². The van der Waals surface area contributed by atoms with Crippen LogP contribution in [0.2, 0.25) is 0 Å². The van der Waals surface area contributed by atoms with Gasteiger partial charge in [0.25, 0.3) is 5.60 Å². The van der Waals surface area contributed by atoms with Crippen molar-refractivity contribution in [2.75, 3.05) is 7.11 Å². The minimum atomic E-state index is -5.00. The average Bonchev–Trinajstić information content (AvgIpc) is 2.55. The van der Waals surface area contributed by atoms with Crippen LogP contribution in [0.15, 0.2) is 30.3 Å². The summed E-state index contributed by atoms with van der Waals surface area (Å²) in [7, 11) is 0.840. The smallest absolute Gasteiger partial charge is 0.432 e. The Morgan fingerprint density at radius 3 is 2.38 bits per heavy atom. The molecule has 1 aliphatic rings. The monoisotopic (exact) mass is 374 g/mol. The lowest BCUT2D eigenvalue weighted by Gasteiger charge is -2.41. The number of aliphatic hydroxyl groups is 1. The van der Waals surface area contributed by atoms with E-state index in [1.165, 1.54) is 24.3 Å². The van der Waals surface area contributed by atoms with Crippen LogP contribution in [-0.4, -0.2) is 36.1 Å². The van der Waals surface area contributed by atoms with Gasteiger partial charge in [0.15, 0.2) is 0 Å². The Labute approximate surface area is 151 Å². The fraction of sp³-hybridized carbons (Fsp3) is 0.632. The fourth-order valence-corrected chi connectivity index (χ4v) is 3.48. The zero-order valence-corrected chi connectivity index (χ0v) is 15.2. The molecule has 4 nitrogen and oxygen atoms in total. The van der Waals surface area contributed by atoms with Crippen molar-refractivity contribution >= 4 is 5.97 Å². The molecule has 1 aromatic carbocycles. The molecular formula is C19H25F3O4. The van der Waals surface area contributed by atoms with Gasteiger partial charge in [-0.2, -0.15) is 13.2 Å². The number of esters is 1. The third-order valence-electron chi connectivity index (χ3n) is 5.24. The number of benzene rings is 1. The van der Waals surface area contributed by atoms with Crippen LogP contribution in [0.5, 0.6) is 0 Å². The number of hydrogen-bond acceptors (Lipinski definition) is 4. The summed E-state index contributed by atoms with van der Waals surface area (Å²) in [6.45, 7) is 3.67. The van der Waals surface area contributed by atoms with Gasteiger partial charge >= 0.3 is 12.1 Å². The summed E-state index contributed by atoms with van der Waals surface area (Å²) >= 11 is 0. The summed E-state index contributed by atoms with van der Waals surface area (Å²) < 4.78 is 51.6. The number of carbonyl (C=O) groups excluding carboxylic acids is 1. The van der Waals surface area contributed by atoms with Gasteiger partial charge in [0.2, 0.25) is 0 Å². The normalized spacial score (nSPS) is 26.4. The van der Waals surface area contributed by atoms with Crippen LogP contribution in [0.25, 0.3) is 0 Å². The van der Waals surface area contributed by atoms with Crippen LogP contribution in [0.4, 0.5) is 13.2 Å². The van der Waals surface area contributed by atoms with E-state index >= 15 is 0 Å². The number of hydrogen-bond donors (Lipinski definition) is 1. The number of alkyl halides is 3. The average molecular weight is 374 g/mol. The summed E-state index contributed by atoms with van der Waals surface area (Å²) in [5.74, 6) is -1.59. The van der Waals surface area contributed by atoms with E-state index < -0.39 is 29.5 Å². The Kier molecular flexibility index (Phi) is 6.02. The Morgan fingerprint density at radius 1 is 1.27 bits per heavy atom. The third kappa shape index (κ3) is 3.74. The van der Waals surface area contributed by atoms with E-state index in [-0.39, 0.29) is 17.9 Å². The molecule has 1 aromatic rings. The Morgan fingerprint density at radius 2 is 1.88 bits per heavy atom. The molecule has 0 amide bonds. The molecule has 1 aliphatic carbocycles. The molecule has 1 N–H and O–H groups in total. The molecule has 0 spiro atoms. The van der Waals surface area contributed by atoms with Crippen molar-refractivity contribution in [3.8, 4) is 0 Å². The highest BCUT2D eigenvalue weighted by Crippen LogP contribution is 2.44. The number of carbonyl (C=O) groups is 1. The maximum atomic E-state index is 13.9. The number of ether oxygens (including phenoxy) is 2. The predicted octanol–water partition coefficient (Wildman–Crippen LogP) is 3.96. The van der Waals surface area contributed by atoms with E-state index in [0.29, 0.717) is 19.3 Å². The van der Waals surface area contributed by atoms with E-state index in [4.69, 9.17) is 9.47 Å². The van der Waals surface area contributed by atoms with Crippen LogP contribution in [0.1, 0.15) is 45.1 Å². The quantitative estimate of drug-likeness (QED) is 0.793. The molecule has 7 heteroatoms. The standard InChI is InChI=1S/C19H25F3O4/c1-13(2)17(24)11-7-10-15(12-17)26-16(23)18(25-3,19(20,21)22)14-8-5-4-6-9-14/h4-6,8-9,13,15,24H,7,10-12H2,1-3H3/t15-,17-,18?/m1/s1. The minimum Gasteiger partial charge on any atom is -0.460 e. The molecule has 2 rings (SSSR count). The maximum Gasteiger partial charge on any atom is 0.432 e. The number of methoxy groups -OCH3 is 1. The van der Waals surface area contributed by atoms with Gasteiger partial charge in [-0.15, -0.1) is 0 Å². The second-order valence-electron chi connectivity index (χ2n) is 7.13. The predicted molar refractivity (Wildman–Crippen MR) is 89.3 cm³/mol. The van der Waals surface area contributed by atoms with Crippen molar-refractivity contribution < 1.29 is 32.5 Å². The summed E-state index contributed by atoms with van der Waals surface area (Å²) in [4.78, 5) is 12.6. The molecule has 146 valence electrons. The molecule has 0 heterocycles. The van der Waals surface area contributed by atoms with Crippen LogP contribution in [-0.2, 0) is 19.9 Å². The molecule has 0 bridgehead atoms. The van der Waals surface area contributed by atoms with Crippen molar-refractivity contribution in [2.24, 2.45) is 5.92 Å². The van der Waals surface area contributed by atoms with Crippen molar-refractivity contribution in [2.45, 2.75) is 63.0 Å². The van der Waals surface area contributed by atoms with Crippen molar-refractivity contribution in [1.29, 1.82) is 0 Å². The lowest BCUT2D eigenvalue weighted by atomic mass is 9.76. The van der Waals surface area contributed by atoms with Gasteiger partial charge in [-0.05, 0) is 25.2 Å². The van der Waals surface area contributed by atoms with E-state index in [0.717, 1.165) is 7.11 Å². The first-order chi connectivity index (χ1) is 12.1. The first kappa shape index (κ1) is 20.7. The zero-order chi connectivity index (χ0) is 19.6. The largest absolute Gasteiger partial charge is 0.460 e. The topological polar surface area (TPSA) is 55.8 Å². The highest BCUT2D eigenvalue weighted by atomic mass is 19.4. The zero-order valence-electron chi connectivity index (χ0n) is 15.2. The lowest BCUT2D eigenvalue weighted by molar-refractivity contribution is -0.279. The number of rotatable bonds is 5. The van der Waals surface area contributed by atoms with Crippen LogP contribution >= 0.6 is 0 Å². The van der Waals surface area contributed by atoms with E-state index in [1.54, 1.807) is 6.07 Å². The summed E-state index contributed by atoms with van der Waals surface area (Å²) in [5, 5.41) is 10.6. The fourth-order valence-electron chi connectivity index (χ4n) is 3.48. The highest BCUT2D eigenvalue weighted by Gasteiger charge is 2.64. The number of halogens is 3. The van der Waals surface area contributed by atoms with Gasteiger partial charge in [0, 0.05) is 19.1 Å². The molecule has 1 fully saturated rings. The summed E-state index contributed by atoms with van der Waals surface area (Å²) in [5.41, 5.74) is -4.58. The molecular weight excluding hydrogens is 349 g/mol. The molecule has 1 unspecified atom stereocenters. The molecule has 26 heavy (non-hydrogen) atoms.